The molecule has 88 valence electrons. The molecule has 5 heteroatoms. The molecule has 1 aromatic rings. The Kier molecular flexibility index (Phi) is 6.37. The van der Waals surface area contributed by atoms with Crippen LogP contribution in [0.1, 0.15) is 5.56 Å². The number of methoxy groups -OCH3 is 1. The zero-order valence-corrected chi connectivity index (χ0v) is 9.70. The molecule has 4 nitrogen and oxygen atoms in total. The van der Waals surface area contributed by atoms with E-state index in [-0.39, 0.29) is 24.6 Å². The van der Waals surface area contributed by atoms with Crippen LogP contribution in [0.3, 0.4) is 0 Å². The highest BCUT2D eigenvalue weighted by atomic mass is 35.5. The lowest BCUT2D eigenvalue weighted by atomic mass is 10.0. The maximum absolute atomic E-state index is 11.5. The van der Waals surface area contributed by atoms with Crippen molar-refractivity contribution >= 4 is 24.2 Å². The summed E-state index contributed by atoms with van der Waals surface area (Å²) in [6, 6.07) is 7.94. The molecular weight excluding hydrogens is 230 g/mol. The van der Waals surface area contributed by atoms with Crippen LogP contribution in [0.5, 0.6) is 0 Å². The van der Waals surface area contributed by atoms with E-state index in [4.69, 9.17) is 5.73 Å². The van der Waals surface area contributed by atoms with Crippen molar-refractivity contribution in [1.82, 2.24) is 0 Å². The lowest BCUT2D eigenvalue weighted by Crippen LogP contribution is -2.40. The number of nitrogens with two attached hydrogens (primary N) is 1. The molecule has 0 aliphatic carbocycles. The second kappa shape index (κ2) is 6.98. The van der Waals surface area contributed by atoms with E-state index in [1.54, 1.807) is 0 Å². The summed E-state index contributed by atoms with van der Waals surface area (Å²) in [5.74, 6) is -1.04. The van der Waals surface area contributed by atoms with Gasteiger partial charge in [-0.15, -0.1) is 12.4 Å². The van der Waals surface area contributed by atoms with Gasteiger partial charge in [0.1, 0.15) is 0 Å². The third-order valence-corrected chi connectivity index (χ3v) is 2.02. The Morgan fingerprint density at radius 2 is 1.88 bits per heavy atom. The van der Waals surface area contributed by atoms with Crippen LogP contribution in [0, 0.1) is 0 Å². The summed E-state index contributed by atoms with van der Waals surface area (Å²) < 4.78 is 4.39. The summed E-state index contributed by atoms with van der Waals surface area (Å²) >= 11 is 0. The predicted octanol–water partition coefficient (Wildman–Crippen LogP) is 0.720. The van der Waals surface area contributed by atoms with Crippen LogP contribution in [-0.2, 0) is 20.7 Å². The van der Waals surface area contributed by atoms with Gasteiger partial charge < -0.3 is 10.5 Å². The first kappa shape index (κ1) is 14.6. The summed E-state index contributed by atoms with van der Waals surface area (Å²) in [5.41, 5.74) is 6.23. The molecule has 0 amide bonds. The molecular formula is C11H14ClNO3. The van der Waals surface area contributed by atoms with Gasteiger partial charge in [0.05, 0.1) is 7.11 Å². The van der Waals surface area contributed by atoms with Gasteiger partial charge in [0.2, 0.25) is 0 Å². The summed E-state index contributed by atoms with van der Waals surface area (Å²) in [6.45, 7) is 0. The third kappa shape index (κ3) is 4.00. The largest absolute Gasteiger partial charge is 0.468 e. The molecule has 0 radical (unpaired) electrons. The van der Waals surface area contributed by atoms with Crippen molar-refractivity contribution in [3.63, 3.8) is 0 Å². The average molecular weight is 244 g/mol. The van der Waals surface area contributed by atoms with Crippen molar-refractivity contribution < 1.29 is 14.3 Å². The molecule has 16 heavy (non-hydrogen) atoms. The van der Waals surface area contributed by atoms with Crippen molar-refractivity contribution in [2.24, 2.45) is 5.73 Å². The van der Waals surface area contributed by atoms with Gasteiger partial charge in [0, 0.05) is 6.42 Å². The SMILES string of the molecule is COC(=O)C(N)C(=O)Cc1ccccc1.Cl. The number of Topliss-reactive ketones (excluding diaryl/α,β-unsaturated/α-hetero) is 1. The summed E-state index contributed by atoms with van der Waals surface area (Å²) in [7, 11) is 1.21. The monoisotopic (exact) mass is 243 g/mol. The molecule has 1 aromatic carbocycles. The van der Waals surface area contributed by atoms with Crippen molar-refractivity contribution in [3.05, 3.63) is 35.9 Å². The molecule has 1 unspecified atom stereocenters. The number of rotatable bonds is 4. The van der Waals surface area contributed by atoms with Gasteiger partial charge >= 0.3 is 5.97 Å². The fourth-order valence-corrected chi connectivity index (χ4v) is 1.17. The second-order valence-electron chi connectivity index (χ2n) is 3.13. The molecule has 0 aliphatic heterocycles. The molecule has 2 N–H and O–H groups in total. The molecule has 0 saturated heterocycles. The molecule has 1 rings (SSSR count). The van der Waals surface area contributed by atoms with Crippen molar-refractivity contribution in [2.45, 2.75) is 12.5 Å². The van der Waals surface area contributed by atoms with Crippen LogP contribution >= 0.6 is 12.4 Å². The normalized spacial score (nSPS) is 11.1. The molecule has 0 saturated carbocycles. The summed E-state index contributed by atoms with van der Waals surface area (Å²) in [6.07, 6.45) is 0.150. The van der Waals surface area contributed by atoms with Gasteiger partial charge in [-0.05, 0) is 5.56 Å². The Bertz CT molecular complexity index is 354. The standard InChI is InChI=1S/C11H13NO3.ClH/c1-15-11(14)10(12)9(13)7-8-5-3-2-4-6-8;/h2-6,10H,7,12H2,1H3;1H. The number of halogens is 1. The van der Waals surface area contributed by atoms with Gasteiger partial charge in [-0.3, -0.25) is 4.79 Å². The van der Waals surface area contributed by atoms with Gasteiger partial charge in [0.15, 0.2) is 11.8 Å². The number of ketones is 1. The minimum atomic E-state index is -1.18. The van der Waals surface area contributed by atoms with E-state index in [9.17, 15) is 9.59 Å². The van der Waals surface area contributed by atoms with Crippen LogP contribution in [-0.4, -0.2) is 24.9 Å². The van der Waals surface area contributed by atoms with Gasteiger partial charge in [-0.1, -0.05) is 30.3 Å². The van der Waals surface area contributed by atoms with Crippen molar-refractivity contribution in [1.29, 1.82) is 0 Å². The van der Waals surface area contributed by atoms with E-state index in [1.807, 2.05) is 30.3 Å². The van der Waals surface area contributed by atoms with Crippen LogP contribution < -0.4 is 5.73 Å². The zero-order chi connectivity index (χ0) is 11.3. The molecule has 0 spiro atoms. The Labute approximate surface area is 100 Å². The van der Waals surface area contributed by atoms with E-state index in [0.717, 1.165) is 5.56 Å². The van der Waals surface area contributed by atoms with Crippen LogP contribution in [0.15, 0.2) is 30.3 Å². The van der Waals surface area contributed by atoms with E-state index in [0.29, 0.717) is 0 Å². The molecule has 0 aliphatic rings. The number of hydrogen-bond donors (Lipinski definition) is 1. The second-order valence-corrected chi connectivity index (χ2v) is 3.13. The Hall–Kier alpha value is -1.39. The number of carbonyl (C=O) groups excluding carboxylic acids is 2. The van der Waals surface area contributed by atoms with Crippen LogP contribution in [0.4, 0.5) is 0 Å². The number of ether oxygens (including phenoxy) is 1. The number of benzene rings is 1. The van der Waals surface area contributed by atoms with Crippen LogP contribution in [0.25, 0.3) is 0 Å². The van der Waals surface area contributed by atoms with E-state index < -0.39 is 12.0 Å². The molecule has 0 fully saturated rings. The first-order valence-corrected chi connectivity index (χ1v) is 4.55. The van der Waals surface area contributed by atoms with E-state index >= 15 is 0 Å². The predicted molar refractivity (Wildman–Crippen MR) is 62.4 cm³/mol. The maximum atomic E-state index is 11.5. The van der Waals surface area contributed by atoms with Gasteiger partial charge in [-0.25, -0.2) is 4.79 Å². The lowest BCUT2D eigenvalue weighted by molar-refractivity contribution is -0.145. The topological polar surface area (TPSA) is 69.4 Å². The fraction of sp³-hybridized carbons (Fsp3) is 0.273. The average Bonchev–Trinajstić information content (AvgIpc) is 2.28. The minimum Gasteiger partial charge on any atom is -0.468 e. The Balaban J connectivity index is 0.00000225. The highest BCUT2D eigenvalue weighted by molar-refractivity contribution is 6.03. The first-order valence-electron chi connectivity index (χ1n) is 4.55. The van der Waals surface area contributed by atoms with Gasteiger partial charge in [-0.2, -0.15) is 0 Å². The molecule has 0 bridgehead atoms. The molecule has 0 aromatic heterocycles. The van der Waals surface area contributed by atoms with Crippen molar-refractivity contribution in [3.8, 4) is 0 Å². The van der Waals surface area contributed by atoms with E-state index in [1.165, 1.54) is 7.11 Å². The quantitative estimate of drug-likeness (QED) is 0.625. The Morgan fingerprint density at radius 3 is 2.38 bits per heavy atom. The third-order valence-electron chi connectivity index (χ3n) is 2.02. The lowest BCUT2D eigenvalue weighted by Gasteiger charge is -2.07. The van der Waals surface area contributed by atoms with Crippen LogP contribution in [0.2, 0.25) is 0 Å². The number of carbonyl (C=O) groups is 2. The number of hydrogen-bond acceptors (Lipinski definition) is 4. The Morgan fingerprint density at radius 1 is 1.31 bits per heavy atom. The fourth-order valence-electron chi connectivity index (χ4n) is 1.17. The minimum absolute atomic E-state index is 0. The van der Waals surface area contributed by atoms with Crippen molar-refractivity contribution in [2.75, 3.05) is 7.11 Å². The maximum Gasteiger partial charge on any atom is 0.330 e. The smallest absolute Gasteiger partial charge is 0.330 e. The zero-order valence-electron chi connectivity index (χ0n) is 8.88. The summed E-state index contributed by atoms with van der Waals surface area (Å²) in [5, 5.41) is 0. The molecule has 0 heterocycles. The first-order chi connectivity index (χ1) is 7.15. The number of esters is 1. The van der Waals surface area contributed by atoms with Gasteiger partial charge in [0.25, 0.3) is 0 Å². The summed E-state index contributed by atoms with van der Waals surface area (Å²) in [4.78, 5) is 22.5. The highest BCUT2D eigenvalue weighted by Crippen LogP contribution is 2.02. The van der Waals surface area contributed by atoms with E-state index in [2.05, 4.69) is 4.74 Å². The molecule has 1 atom stereocenters. The highest BCUT2D eigenvalue weighted by Gasteiger charge is 2.22.